The fraction of sp³-hybridized carbons (Fsp3) is 0.300. The van der Waals surface area contributed by atoms with Crippen LogP contribution in [0.1, 0.15) is 24.5 Å². The maximum absolute atomic E-state index is 12.8. The molecule has 1 aromatic carbocycles. The zero-order valence-electron chi connectivity index (χ0n) is 6.97. The summed E-state index contributed by atoms with van der Waals surface area (Å²) in [5.74, 6) is -0.433. The van der Waals surface area contributed by atoms with Gasteiger partial charge in [0.1, 0.15) is 11.9 Å². The maximum Gasteiger partial charge on any atom is 0.140 e. The van der Waals surface area contributed by atoms with Crippen molar-refractivity contribution in [1.29, 1.82) is 5.26 Å². The van der Waals surface area contributed by atoms with Crippen LogP contribution in [0.2, 0.25) is 0 Å². The van der Waals surface area contributed by atoms with Gasteiger partial charge in [0.05, 0.1) is 5.56 Å². The molecule has 0 radical (unpaired) electrons. The van der Waals surface area contributed by atoms with Crippen LogP contribution < -0.4 is 0 Å². The molecular weight excluding hydrogens is 153 g/mol. The number of benzene rings is 1. The molecule has 0 fully saturated rings. The molecule has 0 saturated carbocycles. The highest BCUT2D eigenvalue weighted by atomic mass is 19.1. The van der Waals surface area contributed by atoms with E-state index in [-0.39, 0.29) is 5.56 Å². The molecule has 62 valence electrons. The Labute approximate surface area is 71.4 Å². The lowest BCUT2D eigenvalue weighted by molar-refractivity contribution is 0.623. The van der Waals surface area contributed by atoms with Gasteiger partial charge in [-0.1, -0.05) is 19.4 Å². The van der Waals surface area contributed by atoms with Gasteiger partial charge in [-0.2, -0.15) is 5.26 Å². The first-order valence-electron chi connectivity index (χ1n) is 3.96. The van der Waals surface area contributed by atoms with Crippen molar-refractivity contribution in [1.82, 2.24) is 0 Å². The second-order valence-corrected chi connectivity index (χ2v) is 2.68. The second-order valence-electron chi connectivity index (χ2n) is 2.68. The highest BCUT2D eigenvalue weighted by Gasteiger charge is 2.01. The van der Waals surface area contributed by atoms with Gasteiger partial charge in [0.15, 0.2) is 0 Å². The summed E-state index contributed by atoms with van der Waals surface area (Å²) in [4.78, 5) is 0. The van der Waals surface area contributed by atoms with E-state index in [2.05, 4.69) is 6.92 Å². The molecule has 0 spiro atoms. The number of nitrogens with zero attached hydrogens (tertiary/aromatic N) is 1. The van der Waals surface area contributed by atoms with Crippen molar-refractivity contribution in [2.45, 2.75) is 19.8 Å². The van der Waals surface area contributed by atoms with Crippen LogP contribution in [0.25, 0.3) is 0 Å². The Hall–Kier alpha value is -1.36. The lowest BCUT2D eigenvalue weighted by Gasteiger charge is -1.98. The van der Waals surface area contributed by atoms with E-state index in [1.807, 2.05) is 6.07 Å². The SMILES string of the molecule is CCCc1ccc(F)c(C#N)c1. The number of nitriles is 1. The van der Waals surface area contributed by atoms with Crippen molar-refractivity contribution >= 4 is 0 Å². The Morgan fingerprint density at radius 1 is 1.50 bits per heavy atom. The summed E-state index contributed by atoms with van der Waals surface area (Å²) >= 11 is 0. The van der Waals surface area contributed by atoms with Gasteiger partial charge in [0, 0.05) is 0 Å². The summed E-state index contributed by atoms with van der Waals surface area (Å²) in [6.45, 7) is 2.05. The van der Waals surface area contributed by atoms with Crippen LogP contribution in [0.15, 0.2) is 18.2 Å². The van der Waals surface area contributed by atoms with Crippen LogP contribution in [-0.4, -0.2) is 0 Å². The minimum absolute atomic E-state index is 0.140. The minimum Gasteiger partial charge on any atom is -0.206 e. The number of halogens is 1. The molecule has 0 amide bonds. The molecule has 0 heterocycles. The van der Waals surface area contributed by atoms with Crippen LogP contribution >= 0.6 is 0 Å². The first-order chi connectivity index (χ1) is 5.77. The molecule has 0 saturated heterocycles. The minimum atomic E-state index is -0.433. The van der Waals surface area contributed by atoms with Crippen LogP contribution in [0, 0.1) is 17.1 Å². The summed E-state index contributed by atoms with van der Waals surface area (Å²) in [5, 5.41) is 8.52. The van der Waals surface area contributed by atoms with Crippen LogP contribution in [-0.2, 0) is 6.42 Å². The molecule has 0 aliphatic rings. The third kappa shape index (κ3) is 1.82. The summed E-state index contributed by atoms with van der Waals surface area (Å²) in [6, 6.07) is 6.50. The summed E-state index contributed by atoms with van der Waals surface area (Å²) in [7, 11) is 0. The molecule has 2 heteroatoms. The molecule has 0 aliphatic carbocycles. The highest BCUT2D eigenvalue weighted by molar-refractivity contribution is 5.34. The van der Waals surface area contributed by atoms with E-state index < -0.39 is 5.82 Å². The average Bonchev–Trinajstić information content (AvgIpc) is 2.09. The van der Waals surface area contributed by atoms with E-state index in [0.29, 0.717) is 0 Å². The lowest BCUT2D eigenvalue weighted by Crippen LogP contribution is -1.88. The molecule has 0 aromatic heterocycles. The Morgan fingerprint density at radius 2 is 2.25 bits per heavy atom. The number of hydrogen-bond acceptors (Lipinski definition) is 1. The van der Waals surface area contributed by atoms with Gasteiger partial charge < -0.3 is 0 Å². The van der Waals surface area contributed by atoms with Crippen molar-refractivity contribution < 1.29 is 4.39 Å². The highest BCUT2D eigenvalue weighted by Crippen LogP contribution is 2.10. The van der Waals surface area contributed by atoms with Gasteiger partial charge in [-0.25, -0.2) is 4.39 Å². The number of rotatable bonds is 2. The normalized spacial score (nSPS) is 9.42. The van der Waals surface area contributed by atoms with Gasteiger partial charge >= 0.3 is 0 Å². The zero-order chi connectivity index (χ0) is 8.97. The molecule has 12 heavy (non-hydrogen) atoms. The summed E-state index contributed by atoms with van der Waals surface area (Å²) < 4.78 is 12.8. The van der Waals surface area contributed by atoms with Gasteiger partial charge in [-0.15, -0.1) is 0 Å². The smallest absolute Gasteiger partial charge is 0.140 e. The van der Waals surface area contributed by atoms with Crippen LogP contribution in [0.4, 0.5) is 4.39 Å². The van der Waals surface area contributed by atoms with Gasteiger partial charge in [-0.05, 0) is 24.1 Å². The van der Waals surface area contributed by atoms with Crippen molar-refractivity contribution in [3.05, 3.63) is 35.1 Å². The zero-order valence-corrected chi connectivity index (χ0v) is 6.97. The fourth-order valence-electron chi connectivity index (χ4n) is 1.10. The third-order valence-electron chi connectivity index (χ3n) is 1.69. The van der Waals surface area contributed by atoms with Crippen LogP contribution in [0.3, 0.4) is 0 Å². The first-order valence-corrected chi connectivity index (χ1v) is 3.96. The Morgan fingerprint density at radius 3 is 2.83 bits per heavy atom. The molecule has 0 N–H and O–H groups in total. The molecule has 1 rings (SSSR count). The third-order valence-corrected chi connectivity index (χ3v) is 1.69. The molecular formula is C10H10FN. The van der Waals surface area contributed by atoms with E-state index in [1.165, 1.54) is 6.07 Å². The average molecular weight is 163 g/mol. The lowest BCUT2D eigenvalue weighted by atomic mass is 10.1. The van der Waals surface area contributed by atoms with Crippen molar-refractivity contribution in [2.75, 3.05) is 0 Å². The first kappa shape index (κ1) is 8.73. The molecule has 1 nitrogen and oxygen atoms in total. The van der Waals surface area contributed by atoms with E-state index in [4.69, 9.17) is 5.26 Å². The second kappa shape index (κ2) is 3.87. The predicted octanol–water partition coefficient (Wildman–Crippen LogP) is 2.65. The van der Waals surface area contributed by atoms with Gasteiger partial charge in [-0.3, -0.25) is 0 Å². The fourth-order valence-corrected chi connectivity index (χ4v) is 1.10. The van der Waals surface area contributed by atoms with E-state index in [0.717, 1.165) is 18.4 Å². The molecule has 0 aliphatic heterocycles. The van der Waals surface area contributed by atoms with Gasteiger partial charge in [0.2, 0.25) is 0 Å². The quantitative estimate of drug-likeness (QED) is 0.657. The van der Waals surface area contributed by atoms with Crippen molar-refractivity contribution in [3.63, 3.8) is 0 Å². The Bertz CT molecular complexity index is 312. The van der Waals surface area contributed by atoms with E-state index >= 15 is 0 Å². The maximum atomic E-state index is 12.8. The predicted molar refractivity (Wildman–Crippen MR) is 45.1 cm³/mol. The Balaban J connectivity index is 2.99. The molecule has 0 bridgehead atoms. The summed E-state index contributed by atoms with van der Waals surface area (Å²) in [6.07, 6.45) is 1.91. The van der Waals surface area contributed by atoms with E-state index in [9.17, 15) is 4.39 Å². The largest absolute Gasteiger partial charge is 0.206 e. The van der Waals surface area contributed by atoms with Crippen molar-refractivity contribution in [2.24, 2.45) is 0 Å². The summed E-state index contributed by atoms with van der Waals surface area (Å²) in [5.41, 5.74) is 1.16. The molecule has 0 unspecified atom stereocenters. The van der Waals surface area contributed by atoms with Gasteiger partial charge in [0.25, 0.3) is 0 Å². The topological polar surface area (TPSA) is 23.8 Å². The molecule has 0 atom stereocenters. The monoisotopic (exact) mass is 163 g/mol. The number of hydrogen-bond donors (Lipinski definition) is 0. The van der Waals surface area contributed by atoms with Crippen molar-refractivity contribution in [3.8, 4) is 6.07 Å². The van der Waals surface area contributed by atoms with E-state index in [1.54, 1.807) is 12.1 Å². The van der Waals surface area contributed by atoms with Crippen LogP contribution in [0.5, 0.6) is 0 Å². The Kier molecular flexibility index (Phi) is 2.82. The standard InChI is InChI=1S/C10H10FN/c1-2-3-8-4-5-10(11)9(6-8)7-12/h4-6H,2-3H2,1H3. The molecule has 1 aromatic rings. The number of aryl methyl sites for hydroxylation is 1.